The molecular formula is C14H29N3O. The van der Waals surface area contributed by atoms with Gasteiger partial charge in [0.25, 0.3) is 0 Å². The molecule has 1 heterocycles. The molecule has 2 N–H and O–H groups in total. The largest absolute Gasteiger partial charge is 0.355 e. The van der Waals surface area contributed by atoms with E-state index in [0.717, 1.165) is 32.7 Å². The number of carbonyl (C=O) groups is 1. The molecule has 0 aromatic heterocycles. The molecule has 0 aromatic carbocycles. The van der Waals surface area contributed by atoms with Crippen LogP contribution in [0.5, 0.6) is 0 Å². The Morgan fingerprint density at radius 2 is 2.28 bits per heavy atom. The molecule has 0 aliphatic carbocycles. The summed E-state index contributed by atoms with van der Waals surface area (Å²) in [4.78, 5) is 14.0. The quantitative estimate of drug-likeness (QED) is 0.715. The van der Waals surface area contributed by atoms with Crippen LogP contribution in [0.15, 0.2) is 0 Å². The van der Waals surface area contributed by atoms with Gasteiger partial charge in [-0.3, -0.25) is 9.69 Å². The van der Waals surface area contributed by atoms with Gasteiger partial charge in [0, 0.05) is 13.1 Å². The first-order valence-corrected chi connectivity index (χ1v) is 7.31. The summed E-state index contributed by atoms with van der Waals surface area (Å²) in [5.74, 6) is 1.39. The fraction of sp³-hybridized carbons (Fsp3) is 0.929. The van der Waals surface area contributed by atoms with Gasteiger partial charge in [0.15, 0.2) is 0 Å². The predicted octanol–water partition coefficient (Wildman–Crippen LogP) is 1.08. The van der Waals surface area contributed by atoms with Crippen LogP contribution < -0.4 is 10.6 Å². The Labute approximate surface area is 111 Å². The molecule has 0 bridgehead atoms. The number of carbonyl (C=O) groups excluding carboxylic acids is 1. The van der Waals surface area contributed by atoms with Crippen molar-refractivity contribution in [2.24, 2.45) is 11.8 Å². The Balaban J connectivity index is 2.25. The standard InChI is InChI=1S/C14H29N3O/c1-4-17(10-13-6-5-7-15-9-13)11-14(18)16-8-12(2)3/h12-13,15H,4-11H2,1-3H3,(H,16,18). The molecule has 1 saturated heterocycles. The minimum Gasteiger partial charge on any atom is -0.355 e. The van der Waals surface area contributed by atoms with E-state index in [0.29, 0.717) is 18.4 Å². The number of hydrogen-bond donors (Lipinski definition) is 2. The van der Waals surface area contributed by atoms with Crippen molar-refractivity contribution >= 4 is 5.91 Å². The SMILES string of the molecule is CCN(CC(=O)NCC(C)C)CC1CCCNC1. The highest BCUT2D eigenvalue weighted by Gasteiger charge is 2.17. The van der Waals surface area contributed by atoms with Crippen LogP contribution >= 0.6 is 0 Å². The van der Waals surface area contributed by atoms with Gasteiger partial charge >= 0.3 is 0 Å². The minimum atomic E-state index is 0.161. The zero-order valence-corrected chi connectivity index (χ0v) is 12.2. The number of nitrogens with zero attached hydrogens (tertiary/aromatic N) is 1. The van der Waals surface area contributed by atoms with Crippen molar-refractivity contribution in [3.05, 3.63) is 0 Å². The van der Waals surface area contributed by atoms with Crippen molar-refractivity contribution in [3.63, 3.8) is 0 Å². The van der Waals surface area contributed by atoms with E-state index in [4.69, 9.17) is 0 Å². The van der Waals surface area contributed by atoms with E-state index in [1.54, 1.807) is 0 Å². The predicted molar refractivity (Wildman–Crippen MR) is 75.6 cm³/mol. The number of rotatable bonds is 7. The van der Waals surface area contributed by atoms with Crippen molar-refractivity contribution in [3.8, 4) is 0 Å². The number of piperidine rings is 1. The molecule has 1 atom stereocenters. The highest BCUT2D eigenvalue weighted by molar-refractivity contribution is 5.77. The molecule has 0 aromatic rings. The number of nitrogens with one attached hydrogen (secondary N) is 2. The molecule has 18 heavy (non-hydrogen) atoms. The zero-order chi connectivity index (χ0) is 13.4. The van der Waals surface area contributed by atoms with E-state index in [9.17, 15) is 4.79 Å². The van der Waals surface area contributed by atoms with Crippen LogP contribution in [0.4, 0.5) is 0 Å². The Hall–Kier alpha value is -0.610. The second-order valence-corrected chi connectivity index (χ2v) is 5.74. The summed E-state index contributed by atoms with van der Waals surface area (Å²) in [6.07, 6.45) is 2.55. The molecule has 106 valence electrons. The van der Waals surface area contributed by atoms with E-state index in [-0.39, 0.29) is 5.91 Å². The van der Waals surface area contributed by atoms with Gasteiger partial charge in [0.1, 0.15) is 0 Å². The molecular weight excluding hydrogens is 226 g/mol. The minimum absolute atomic E-state index is 0.161. The first-order valence-electron chi connectivity index (χ1n) is 7.31. The molecule has 1 fully saturated rings. The van der Waals surface area contributed by atoms with Crippen molar-refractivity contribution in [1.82, 2.24) is 15.5 Å². The summed E-state index contributed by atoms with van der Waals surface area (Å²) in [6.45, 7) is 11.9. The van der Waals surface area contributed by atoms with Crippen LogP contribution in [-0.4, -0.2) is 50.1 Å². The third-order valence-corrected chi connectivity index (χ3v) is 3.44. The van der Waals surface area contributed by atoms with Crippen LogP contribution in [0.25, 0.3) is 0 Å². The Kier molecular flexibility index (Phi) is 7.28. The van der Waals surface area contributed by atoms with Gasteiger partial charge in [-0.15, -0.1) is 0 Å². The molecule has 0 spiro atoms. The van der Waals surface area contributed by atoms with Crippen molar-refractivity contribution in [2.75, 3.05) is 39.3 Å². The number of hydrogen-bond acceptors (Lipinski definition) is 3. The monoisotopic (exact) mass is 255 g/mol. The molecule has 0 saturated carbocycles. The van der Waals surface area contributed by atoms with Crippen molar-refractivity contribution in [2.45, 2.75) is 33.6 Å². The molecule has 0 radical (unpaired) electrons. The molecule has 4 nitrogen and oxygen atoms in total. The lowest BCUT2D eigenvalue weighted by Crippen LogP contribution is -2.43. The van der Waals surface area contributed by atoms with Gasteiger partial charge in [-0.25, -0.2) is 0 Å². The highest BCUT2D eigenvalue weighted by atomic mass is 16.2. The Bertz CT molecular complexity index is 237. The Morgan fingerprint density at radius 3 is 2.83 bits per heavy atom. The van der Waals surface area contributed by atoms with Crippen molar-refractivity contribution in [1.29, 1.82) is 0 Å². The average molecular weight is 255 g/mol. The summed E-state index contributed by atoms with van der Waals surface area (Å²) in [5.41, 5.74) is 0. The van der Waals surface area contributed by atoms with Crippen LogP contribution in [0.3, 0.4) is 0 Å². The molecule has 1 amide bonds. The lowest BCUT2D eigenvalue weighted by molar-refractivity contribution is -0.122. The van der Waals surface area contributed by atoms with Gasteiger partial charge in [-0.05, 0) is 44.3 Å². The van der Waals surface area contributed by atoms with Gasteiger partial charge in [0.2, 0.25) is 5.91 Å². The molecule has 1 rings (SSSR count). The second kappa shape index (κ2) is 8.48. The number of amides is 1. The summed E-state index contributed by atoms with van der Waals surface area (Å²) in [6, 6.07) is 0. The summed E-state index contributed by atoms with van der Waals surface area (Å²) in [5, 5.41) is 6.42. The third kappa shape index (κ3) is 6.36. The number of likely N-dealkylation sites (N-methyl/N-ethyl adjacent to an activating group) is 1. The maximum Gasteiger partial charge on any atom is 0.234 e. The molecule has 1 aliphatic rings. The molecule has 4 heteroatoms. The average Bonchev–Trinajstić information content (AvgIpc) is 2.37. The van der Waals surface area contributed by atoms with E-state index in [1.165, 1.54) is 12.8 Å². The third-order valence-electron chi connectivity index (χ3n) is 3.44. The molecule has 1 aliphatic heterocycles. The summed E-state index contributed by atoms with van der Waals surface area (Å²) in [7, 11) is 0. The normalized spacial score (nSPS) is 20.4. The fourth-order valence-corrected chi connectivity index (χ4v) is 2.33. The first-order chi connectivity index (χ1) is 8.61. The fourth-order valence-electron chi connectivity index (χ4n) is 2.33. The van der Waals surface area contributed by atoms with E-state index < -0.39 is 0 Å². The van der Waals surface area contributed by atoms with Crippen LogP contribution in [-0.2, 0) is 4.79 Å². The van der Waals surface area contributed by atoms with Crippen LogP contribution in [0, 0.1) is 11.8 Å². The Morgan fingerprint density at radius 1 is 1.50 bits per heavy atom. The second-order valence-electron chi connectivity index (χ2n) is 5.74. The van der Waals surface area contributed by atoms with Crippen molar-refractivity contribution < 1.29 is 4.79 Å². The van der Waals surface area contributed by atoms with Crippen LogP contribution in [0.2, 0.25) is 0 Å². The lowest BCUT2D eigenvalue weighted by Gasteiger charge is -2.29. The zero-order valence-electron chi connectivity index (χ0n) is 12.2. The van der Waals surface area contributed by atoms with Crippen LogP contribution in [0.1, 0.15) is 33.6 Å². The maximum absolute atomic E-state index is 11.8. The molecule has 1 unspecified atom stereocenters. The van der Waals surface area contributed by atoms with Gasteiger partial charge < -0.3 is 10.6 Å². The van der Waals surface area contributed by atoms with Gasteiger partial charge in [-0.2, -0.15) is 0 Å². The van der Waals surface area contributed by atoms with Gasteiger partial charge in [0.05, 0.1) is 6.54 Å². The van der Waals surface area contributed by atoms with E-state index >= 15 is 0 Å². The maximum atomic E-state index is 11.8. The highest BCUT2D eigenvalue weighted by Crippen LogP contribution is 2.11. The summed E-state index contributed by atoms with van der Waals surface area (Å²) < 4.78 is 0. The van der Waals surface area contributed by atoms with E-state index in [2.05, 4.69) is 36.3 Å². The van der Waals surface area contributed by atoms with E-state index in [1.807, 2.05) is 0 Å². The first kappa shape index (κ1) is 15.4. The lowest BCUT2D eigenvalue weighted by atomic mass is 9.99. The van der Waals surface area contributed by atoms with Gasteiger partial charge in [-0.1, -0.05) is 20.8 Å². The summed E-state index contributed by atoms with van der Waals surface area (Å²) >= 11 is 0. The topological polar surface area (TPSA) is 44.4 Å². The smallest absolute Gasteiger partial charge is 0.234 e.